The summed E-state index contributed by atoms with van der Waals surface area (Å²) in [6.07, 6.45) is 2.88. The Morgan fingerprint density at radius 3 is 2.74 bits per heavy atom. The number of thiazole rings is 1. The minimum absolute atomic E-state index is 0. The number of aryl methyl sites for hydroxylation is 1. The van der Waals surface area contributed by atoms with E-state index in [2.05, 4.69) is 53.2 Å². The summed E-state index contributed by atoms with van der Waals surface area (Å²) in [7, 11) is 1.84. The molecule has 0 spiro atoms. The van der Waals surface area contributed by atoms with Crippen molar-refractivity contribution >= 4 is 41.3 Å². The van der Waals surface area contributed by atoms with E-state index in [1.54, 1.807) is 11.3 Å². The standard InChI is InChI=1S/C16H29N5S.HI/c1-11(2)21-9-12(3)14(10-21)20-16(17-5)18-7-6-15-19-8-13(4)22-15;/h8,11-12,14H,6-7,9-10H2,1-5H3,(H2,17,18,20);1H. The van der Waals surface area contributed by atoms with Crippen LogP contribution in [0.2, 0.25) is 0 Å². The molecular formula is C16H30IN5S. The molecule has 0 amide bonds. The van der Waals surface area contributed by atoms with Gasteiger partial charge in [-0.1, -0.05) is 6.92 Å². The lowest BCUT2D eigenvalue weighted by atomic mass is 10.1. The fraction of sp³-hybridized carbons (Fsp3) is 0.750. The maximum atomic E-state index is 4.39. The monoisotopic (exact) mass is 451 g/mol. The van der Waals surface area contributed by atoms with Crippen molar-refractivity contribution in [2.24, 2.45) is 10.9 Å². The van der Waals surface area contributed by atoms with Crippen LogP contribution >= 0.6 is 35.3 Å². The van der Waals surface area contributed by atoms with Crippen LogP contribution in [0.3, 0.4) is 0 Å². The lowest BCUT2D eigenvalue weighted by Crippen LogP contribution is -2.47. The van der Waals surface area contributed by atoms with E-state index in [0.29, 0.717) is 18.0 Å². The van der Waals surface area contributed by atoms with Gasteiger partial charge in [-0.25, -0.2) is 4.98 Å². The fourth-order valence-electron chi connectivity index (χ4n) is 2.79. The van der Waals surface area contributed by atoms with Crippen molar-refractivity contribution in [3.63, 3.8) is 0 Å². The highest BCUT2D eigenvalue weighted by Gasteiger charge is 2.31. The predicted molar refractivity (Wildman–Crippen MR) is 110 cm³/mol. The molecule has 5 nitrogen and oxygen atoms in total. The zero-order chi connectivity index (χ0) is 16.1. The van der Waals surface area contributed by atoms with Crippen LogP contribution in [0, 0.1) is 12.8 Å². The summed E-state index contributed by atoms with van der Waals surface area (Å²) >= 11 is 1.77. The molecule has 1 saturated heterocycles. The first-order valence-corrected chi connectivity index (χ1v) is 8.93. The third-order valence-electron chi connectivity index (χ3n) is 4.22. The lowest BCUT2D eigenvalue weighted by Gasteiger charge is -2.21. The number of nitrogens with one attached hydrogen (secondary N) is 2. The predicted octanol–water partition coefficient (Wildman–Crippen LogP) is 2.51. The number of hydrogen-bond acceptors (Lipinski definition) is 4. The van der Waals surface area contributed by atoms with E-state index in [9.17, 15) is 0 Å². The highest BCUT2D eigenvalue weighted by Crippen LogP contribution is 2.18. The second-order valence-corrected chi connectivity index (χ2v) is 7.71. The second-order valence-electron chi connectivity index (χ2n) is 6.39. The number of guanidine groups is 1. The van der Waals surface area contributed by atoms with Gasteiger partial charge in [-0.2, -0.15) is 0 Å². The minimum atomic E-state index is 0. The third-order valence-corrected chi connectivity index (χ3v) is 5.19. The van der Waals surface area contributed by atoms with E-state index in [1.807, 2.05) is 13.2 Å². The summed E-state index contributed by atoms with van der Waals surface area (Å²) in [5.74, 6) is 1.54. The highest BCUT2D eigenvalue weighted by atomic mass is 127. The van der Waals surface area contributed by atoms with Crippen molar-refractivity contribution in [2.75, 3.05) is 26.7 Å². The van der Waals surface area contributed by atoms with Crippen LogP contribution < -0.4 is 10.6 Å². The van der Waals surface area contributed by atoms with Crippen molar-refractivity contribution in [2.45, 2.75) is 46.2 Å². The molecule has 0 aliphatic carbocycles. The Bertz CT molecular complexity index is 502. The molecule has 2 unspecified atom stereocenters. The first-order chi connectivity index (χ1) is 10.5. The Morgan fingerprint density at radius 2 is 2.22 bits per heavy atom. The van der Waals surface area contributed by atoms with E-state index < -0.39 is 0 Å². The van der Waals surface area contributed by atoms with Gasteiger partial charge >= 0.3 is 0 Å². The quantitative estimate of drug-likeness (QED) is 0.411. The molecule has 0 radical (unpaired) electrons. The molecule has 2 atom stereocenters. The maximum Gasteiger partial charge on any atom is 0.191 e. The van der Waals surface area contributed by atoms with Gasteiger partial charge in [-0.05, 0) is 26.7 Å². The summed E-state index contributed by atoms with van der Waals surface area (Å²) in [4.78, 5) is 12.5. The van der Waals surface area contributed by atoms with Gasteiger partial charge in [-0.15, -0.1) is 35.3 Å². The van der Waals surface area contributed by atoms with Crippen LogP contribution in [0.4, 0.5) is 0 Å². The number of aromatic nitrogens is 1. The van der Waals surface area contributed by atoms with Gasteiger partial charge in [0.1, 0.15) is 0 Å². The van der Waals surface area contributed by atoms with Gasteiger partial charge in [0.2, 0.25) is 0 Å². The molecule has 0 saturated carbocycles. The van der Waals surface area contributed by atoms with Gasteiger partial charge in [0.25, 0.3) is 0 Å². The van der Waals surface area contributed by atoms with Gasteiger partial charge in [0.05, 0.1) is 5.01 Å². The zero-order valence-electron chi connectivity index (χ0n) is 14.8. The maximum absolute atomic E-state index is 4.39. The molecule has 2 heterocycles. The summed E-state index contributed by atoms with van der Waals surface area (Å²) in [5.41, 5.74) is 0. The van der Waals surface area contributed by atoms with Crippen LogP contribution in [0.25, 0.3) is 0 Å². The molecule has 7 heteroatoms. The fourth-order valence-corrected chi connectivity index (χ4v) is 3.58. The molecule has 1 aliphatic rings. The molecule has 132 valence electrons. The number of hydrogen-bond donors (Lipinski definition) is 2. The van der Waals surface area contributed by atoms with Gasteiger partial charge in [-0.3, -0.25) is 9.89 Å². The van der Waals surface area contributed by atoms with Crippen molar-refractivity contribution in [3.05, 3.63) is 16.1 Å². The van der Waals surface area contributed by atoms with Gasteiger partial charge in [0, 0.05) is 56.3 Å². The second kappa shape index (κ2) is 9.78. The topological polar surface area (TPSA) is 52.6 Å². The molecule has 2 rings (SSSR count). The SMILES string of the molecule is CN=C(NCCc1ncc(C)s1)NC1CN(C(C)C)CC1C.I. The van der Waals surface area contributed by atoms with E-state index >= 15 is 0 Å². The summed E-state index contributed by atoms with van der Waals surface area (Å²) < 4.78 is 0. The molecule has 23 heavy (non-hydrogen) atoms. The Balaban J connectivity index is 0.00000264. The zero-order valence-corrected chi connectivity index (χ0v) is 17.9. The first kappa shape index (κ1) is 20.6. The lowest BCUT2D eigenvalue weighted by molar-refractivity contribution is 0.265. The average Bonchev–Trinajstić information content (AvgIpc) is 3.04. The Kier molecular flexibility index (Phi) is 8.78. The van der Waals surface area contributed by atoms with E-state index in [1.165, 1.54) is 9.88 Å². The van der Waals surface area contributed by atoms with Crippen molar-refractivity contribution < 1.29 is 0 Å². The van der Waals surface area contributed by atoms with Crippen molar-refractivity contribution in [1.29, 1.82) is 0 Å². The number of halogens is 1. The Morgan fingerprint density at radius 1 is 1.48 bits per heavy atom. The van der Waals surface area contributed by atoms with Gasteiger partial charge in [0.15, 0.2) is 5.96 Å². The third kappa shape index (κ3) is 6.19. The molecule has 0 bridgehead atoms. The Labute approximate surface area is 161 Å². The first-order valence-electron chi connectivity index (χ1n) is 8.12. The molecule has 1 aliphatic heterocycles. The summed E-state index contributed by atoms with van der Waals surface area (Å²) in [5, 5.41) is 8.16. The molecular weight excluding hydrogens is 421 g/mol. The van der Waals surface area contributed by atoms with Crippen LogP contribution in [0.5, 0.6) is 0 Å². The molecule has 0 aromatic carbocycles. The van der Waals surface area contributed by atoms with Crippen LogP contribution in [-0.4, -0.2) is 54.6 Å². The van der Waals surface area contributed by atoms with Crippen molar-refractivity contribution in [3.8, 4) is 0 Å². The van der Waals surface area contributed by atoms with E-state index in [-0.39, 0.29) is 24.0 Å². The molecule has 1 aromatic heterocycles. The highest BCUT2D eigenvalue weighted by molar-refractivity contribution is 14.0. The largest absolute Gasteiger partial charge is 0.356 e. The normalized spacial score (nSPS) is 22.3. The summed E-state index contributed by atoms with van der Waals surface area (Å²) in [6.45, 7) is 12.0. The number of aliphatic imine (C=N–C) groups is 1. The van der Waals surface area contributed by atoms with Crippen LogP contribution in [0.1, 0.15) is 30.7 Å². The van der Waals surface area contributed by atoms with E-state index in [0.717, 1.165) is 32.0 Å². The molecule has 1 aromatic rings. The average molecular weight is 451 g/mol. The number of nitrogens with zero attached hydrogens (tertiary/aromatic N) is 3. The van der Waals surface area contributed by atoms with E-state index in [4.69, 9.17) is 0 Å². The summed E-state index contributed by atoms with van der Waals surface area (Å²) in [6, 6.07) is 1.08. The number of rotatable bonds is 5. The molecule has 1 fully saturated rings. The van der Waals surface area contributed by atoms with Crippen molar-refractivity contribution in [1.82, 2.24) is 20.5 Å². The smallest absolute Gasteiger partial charge is 0.191 e. The van der Waals surface area contributed by atoms with Crippen LogP contribution in [-0.2, 0) is 6.42 Å². The Hall–Kier alpha value is -0.410. The van der Waals surface area contributed by atoms with Crippen LogP contribution in [0.15, 0.2) is 11.2 Å². The molecule has 2 N–H and O–H groups in total. The number of likely N-dealkylation sites (tertiary alicyclic amines) is 1. The minimum Gasteiger partial charge on any atom is -0.356 e. The van der Waals surface area contributed by atoms with Gasteiger partial charge < -0.3 is 10.6 Å².